The standard InChI is InChI=1S/C17H22N4O4.C2H6/c1-6-7-8-13(11(2)3)19-15-9-14(18-12(4)5)16(20(22)23)10-17(15)21(24)25;1-2/h7-10,18-19H,4,6H2,1-3,5H3;1-2H3/b8-7-;. The fraction of sp³-hybridized carbons (Fsp3) is 0.368. The van der Waals surface area contributed by atoms with E-state index in [1.54, 1.807) is 6.92 Å². The van der Waals surface area contributed by atoms with Crippen molar-refractivity contribution in [2.75, 3.05) is 10.6 Å². The van der Waals surface area contributed by atoms with Crippen LogP contribution in [0, 0.1) is 20.2 Å². The van der Waals surface area contributed by atoms with Crippen LogP contribution in [0.1, 0.15) is 48.0 Å². The smallest absolute Gasteiger partial charge is 0.299 e. The summed E-state index contributed by atoms with van der Waals surface area (Å²) < 4.78 is 0. The second kappa shape index (κ2) is 11.5. The average Bonchev–Trinajstić information content (AvgIpc) is 2.59. The molecule has 0 aliphatic rings. The molecule has 0 aliphatic heterocycles. The maximum atomic E-state index is 11.4. The second-order valence-electron chi connectivity index (χ2n) is 5.66. The van der Waals surface area contributed by atoms with Crippen LogP contribution in [0.4, 0.5) is 22.7 Å². The van der Waals surface area contributed by atoms with Gasteiger partial charge in [-0.05, 0) is 39.3 Å². The molecule has 0 unspecified atom stereocenters. The summed E-state index contributed by atoms with van der Waals surface area (Å²) in [5.41, 5.74) is 1.64. The minimum atomic E-state index is -0.666. The van der Waals surface area contributed by atoms with Gasteiger partial charge in [-0.3, -0.25) is 20.2 Å². The number of nitrogens with one attached hydrogen (secondary N) is 2. The van der Waals surface area contributed by atoms with E-state index in [2.05, 4.69) is 17.2 Å². The molecule has 0 radical (unpaired) electrons. The third-order valence-electron chi connectivity index (χ3n) is 3.18. The SMILES string of the molecule is C=C(C)Nc1cc(NC(/C=C\CC)=C(C)C)c([N+](=O)[O-])cc1[N+](=O)[O-].CC. The molecule has 0 saturated heterocycles. The summed E-state index contributed by atoms with van der Waals surface area (Å²) >= 11 is 0. The Morgan fingerprint density at radius 3 is 1.89 bits per heavy atom. The van der Waals surface area contributed by atoms with Crippen molar-refractivity contribution >= 4 is 22.7 Å². The normalized spacial score (nSPS) is 9.85. The molecular formula is C19H28N4O4. The lowest BCUT2D eigenvalue weighted by Gasteiger charge is -2.13. The topological polar surface area (TPSA) is 110 Å². The zero-order valence-corrected chi connectivity index (χ0v) is 16.8. The first-order valence-corrected chi connectivity index (χ1v) is 8.67. The van der Waals surface area contributed by atoms with E-state index >= 15 is 0 Å². The molecule has 0 spiro atoms. The van der Waals surface area contributed by atoms with Gasteiger partial charge in [0.25, 0.3) is 11.4 Å². The summed E-state index contributed by atoms with van der Waals surface area (Å²) in [5, 5.41) is 28.4. The van der Waals surface area contributed by atoms with Gasteiger partial charge >= 0.3 is 0 Å². The molecule has 1 aromatic rings. The minimum Gasteiger partial charge on any atom is -0.354 e. The van der Waals surface area contributed by atoms with E-state index in [1.807, 2.05) is 46.8 Å². The van der Waals surface area contributed by atoms with Crippen LogP contribution in [0.2, 0.25) is 0 Å². The molecule has 0 saturated carbocycles. The van der Waals surface area contributed by atoms with E-state index in [1.165, 1.54) is 6.07 Å². The lowest BCUT2D eigenvalue weighted by Crippen LogP contribution is -2.06. The fourth-order valence-electron chi connectivity index (χ4n) is 2.02. The number of nitro benzene ring substituents is 2. The lowest BCUT2D eigenvalue weighted by atomic mass is 10.1. The zero-order chi connectivity index (χ0) is 21.1. The summed E-state index contributed by atoms with van der Waals surface area (Å²) in [5.74, 6) is 0. The highest BCUT2D eigenvalue weighted by Gasteiger charge is 2.25. The molecule has 0 heterocycles. The van der Waals surface area contributed by atoms with Gasteiger partial charge < -0.3 is 10.6 Å². The Labute approximate surface area is 160 Å². The third-order valence-corrected chi connectivity index (χ3v) is 3.18. The Bertz CT molecular complexity index is 763. The molecule has 27 heavy (non-hydrogen) atoms. The summed E-state index contributed by atoms with van der Waals surface area (Å²) in [6.45, 7) is 15.0. The largest absolute Gasteiger partial charge is 0.354 e. The van der Waals surface area contributed by atoms with Crippen molar-refractivity contribution in [2.24, 2.45) is 0 Å². The lowest BCUT2D eigenvalue weighted by molar-refractivity contribution is -0.393. The first kappa shape index (κ1) is 23.8. The number of benzene rings is 1. The van der Waals surface area contributed by atoms with Gasteiger partial charge in [-0.2, -0.15) is 0 Å². The van der Waals surface area contributed by atoms with Crippen LogP contribution in [0.15, 0.2) is 47.8 Å². The Balaban J connectivity index is 0.00000326. The van der Waals surface area contributed by atoms with Crippen LogP contribution in [0.5, 0.6) is 0 Å². The van der Waals surface area contributed by atoms with Crippen molar-refractivity contribution in [1.82, 2.24) is 0 Å². The van der Waals surface area contributed by atoms with E-state index < -0.39 is 9.85 Å². The predicted octanol–water partition coefficient (Wildman–Crippen LogP) is 6.15. The van der Waals surface area contributed by atoms with Gasteiger partial charge in [0.15, 0.2) is 0 Å². The molecule has 0 aliphatic carbocycles. The van der Waals surface area contributed by atoms with Crippen LogP contribution in [0.25, 0.3) is 0 Å². The van der Waals surface area contributed by atoms with Gasteiger partial charge in [-0.1, -0.05) is 39.0 Å². The van der Waals surface area contributed by atoms with Crippen LogP contribution in [0.3, 0.4) is 0 Å². The number of rotatable bonds is 8. The molecule has 8 nitrogen and oxygen atoms in total. The molecule has 0 bridgehead atoms. The van der Waals surface area contributed by atoms with Gasteiger partial charge in [0.1, 0.15) is 11.4 Å². The quantitative estimate of drug-likeness (QED) is 0.320. The first-order chi connectivity index (χ1) is 12.7. The maximum absolute atomic E-state index is 11.4. The number of hydrogen-bond acceptors (Lipinski definition) is 6. The number of nitrogens with zero attached hydrogens (tertiary/aromatic N) is 2. The van der Waals surface area contributed by atoms with Gasteiger partial charge in [0.05, 0.1) is 15.9 Å². The second-order valence-corrected chi connectivity index (χ2v) is 5.66. The van der Waals surface area contributed by atoms with Gasteiger partial charge in [-0.15, -0.1) is 0 Å². The molecule has 0 fully saturated rings. The Hall–Kier alpha value is -3.16. The van der Waals surface area contributed by atoms with E-state index in [4.69, 9.17) is 0 Å². The molecule has 1 aromatic carbocycles. The van der Waals surface area contributed by atoms with E-state index in [9.17, 15) is 20.2 Å². The van der Waals surface area contributed by atoms with Crippen molar-refractivity contribution < 1.29 is 9.85 Å². The molecule has 0 atom stereocenters. The van der Waals surface area contributed by atoms with Gasteiger partial charge in [-0.25, -0.2) is 0 Å². The highest BCUT2D eigenvalue weighted by molar-refractivity contribution is 5.79. The van der Waals surface area contributed by atoms with Crippen molar-refractivity contribution in [3.8, 4) is 0 Å². The van der Waals surface area contributed by atoms with Crippen molar-refractivity contribution in [3.63, 3.8) is 0 Å². The highest BCUT2D eigenvalue weighted by Crippen LogP contribution is 2.37. The maximum Gasteiger partial charge on any atom is 0.299 e. The summed E-state index contributed by atoms with van der Waals surface area (Å²) in [6, 6.07) is 2.30. The van der Waals surface area contributed by atoms with Crippen LogP contribution < -0.4 is 10.6 Å². The fourth-order valence-corrected chi connectivity index (χ4v) is 2.02. The van der Waals surface area contributed by atoms with Crippen molar-refractivity contribution in [1.29, 1.82) is 0 Å². The van der Waals surface area contributed by atoms with E-state index in [-0.39, 0.29) is 22.7 Å². The average molecular weight is 376 g/mol. The molecule has 8 heteroatoms. The Morgan fingerprint density at radius 1 is 1.04 bits per heavy atom. The van der Waals surface area contributed by atoms with Crippen molar-refractivity contribution in [3.05, 3.63) is 68.1 Å². The Morgan fingerprint density at radius 2 is 1.52 bits per heavy atom. The Kier molecular flexibility index (Phi) is 10.1. The number of hydrogen-bond donors (Lipinski definition) is 2. The summed E-state index contributed by atoms with van der Waals surface area (Å²) in [6.07, 6.45) is 4.55. The predicted molar refractivity (Wildman–Crippen MR) is 111 cm³/mol. The molecule has 0 amide bonds. The van der Waals surface area contributed by atoms with E-state index in [0.717, 1.165) is 18.1 Å². The van der Waals surface area contributed by atoms with E-state index in [0.29, 0.717) is 11.4 Å². The molecule has 0 aromatic heterocycles. The highest BCUT2D eigenvalue weighted by atomic mass is 16.6. The number of allylic oxidation sites excluding steroid dienone is 4. The molecule has 148 valence electrons. The van der Waals surface area contributed by atoms with Crippen molar-refractivity contribution in [2.45, 2.75) is 48.0 Å². The molecule has 2 N–H and O–H groups in total. The molecular weight excluding hydrogens is 348 g/mol. The number of nitro groups is 2. The number of anilines is 2. The molecule has 1 rings (SSSR count). The third kappa shape index (κ3) is 7.31. The van der Waals surface area contributed by atoms with Crippen LogP contribution in [-0.4, -0.2) is 9.85 Å². The minimum absolute atomic E-state index is 0.137. The summed E-state index contributed by atoms with van der Waals surface area (Å²) in [4.78, 5) is 21.3. The van der Waals surface area contributed by atoms with Crippen LogP contribution in [-0.2, 0) is 0 Å². The van der Waals surface area contributed by atoms with Gasteiger partial charge in [0, 0.05) is 11.4 Å². The summed E-state index contributed by atoms with van der Waals surface area (Å²) in [7, 11) is 0. The zero-order valence-electron chi connectivity index (χ0n) is 16.8. The monoisotopic (exact) mass is 376 g/mol. The first-order valence-electron chi connectivity index (χ1n) is 8.67. The van der Waals surface area contributed by atoms with Crippen LogP contribution >= 0.6 is 0 Å². The van der Waals surface area contributed by atoms with Gasteiger partial charge in [0.2, 0.25) is 0 Å².